The predicted octanol–water partition coefficient (Wildman–Crippen LogP) is 3.50. The Hall–Kier alpha value is -4.32. The molecule has 5 heterocycles. The maximum Gasteiger partial charge on any atom is 0.410 e. The zero-order valence-corrected chi connectivity index (χ0v) is 25.9. The first-order chi connectivity index (χ1) is 21.2. The first kappa shape index (κ1) is 29.4. The number of rotatable bonds is 3. The van der Waals surface area contributed by atoms with Crippen LogP contribution in [0.5, 0.6) is 0 Å². The molecule has 2 atom stereocenters. The van der Waals surface area contributed by atoms with Crippen molar-refractivity contribution < 1.29 is 33.4 Å². The van der Waals surface area contributed by atoms with Gasteiger partial charge in [-0.25, -0.2) is 19.0 Å². The Bertz CT molecular complexity index is 1910. The molecule has 1 aromatic carbocycles. The van der Waals surface area contributed by atoms with Crippen molar-refractivity contribution in [3.05, 3.63) is 61.7 Å². The van der Waals surface area contributed by atoms with Crippen LogP contribution in [-0.2, 0) is 44.2 Å². The van der Waals surface area contributed by atoms with Gasteiger partial charge in [0.2, 0.25) is 5.91 Å². The number of pyridine rings is 2. The minimum Gasteiger partial charge on any atom is -0.458 e. The van der Waals surface area contributed by atoms with E-state index in [1.807, 2.05) is 0 Å². The van der Waals surface area contributed by atoms with Crippen LogP contribution in [-0.4, -0.2) is 56.2 Å². The molecular formula is C33H35FN4O7. The molecule has 0 bridgehead atoms. The second kappa shape index (κ2) is 9.84. The molecule has 11 nitrogen and oxygen atoms in total. The second-order valence-corrected chi connectivity index (χ2v) is 13.5. The zero-order valence-electron chi connectivity index (χ0n) is 25.9. The fourth-order valence-corrected chi connectivity index (χ4v) is 7.11. The van der Waals surface area contributed by atoms with E-state index in [1.54, 1.807) is 45.3 Å². The van der Waals surface area contributed by atoms with Crippen molar-refractivity contribution in [1.29, 1.82) is 0 Å². The molecule has 0 radical (unpaired) electrons. The number of aryl methyl sites for hydroxylation is 1. The van der Waals surface area contributed by atoms with Crippen LogP contribution in [0.1, 0.15) is 80.0 Å². The summed E-state index contributed by atoms with van der Waals surface area (Å²) in [6.07, 6.45) is 0.588. The van der Waals surface area contributed by atoms with Crippen LogP contribution in [0.25, 0.3) is 22.3 Å². The fourth-order valence-electron chi connectivity index (χ4n) is 7.11. The molecule has 7 rings (SSSR count). The molecule has 236 valence electrons. The summed E-state index contributed by atoms with van der Waals surface area (Å²) < 4.78 is 27.3. The van der Waals surface area contributed by atoms with Gasteiger partial charge in [-0.05, 0) is 69.7 Å². The van der Waals surface area contributed by atoms with Crippen molar-refractivity contribution in [2.45, 2.75) is 84.3 Å². The van der Waals surface area contributed by atoms with Crippen LogP contribution in [0.3, 0.4) is 0 Å². The third kappa shape index (κ3) is 4.36. The summed E-state index contributed by atoms with van der Waals surface area (Å²) in [7, 11) is 0. The molecule has 0 saturated carbocycles. The number of esters is 1. The number of amides is 2. The average Bonchev–Trinajstić information content (AvgIpc) is 3.31. The Morgan fingerprint density at radius 1 is 1.20 bits per heavy atom. The van der Waals surface area contributed by atoms with E-state index in [-0.39, 0.29) is 55.5 Å². The summed E-state index contributed by atoms with van der Waals surface area (Å²) in [5.74, 6) is -1.81. The van der Waals surface area contributed by atoms with Crippen LogP contribution >= 0.6 is 0 Å². The summed E-state index contributed by atoms with van der Waals surface area (Å²) in [6.45, 7) is 9.13. The highest BCUT2D eigenvalue weighted by Crippen LogP contribution is 2.46. The maximum absolute atomic E-state index is 15.2. The number of hydrogen-bond donors (Lipinski definition) is 2. The highest BCUT2D eigenvalue weighted by atomic mass is 19.1. The molecule has 3 aromatic rings. The lowest BCUT2D eigenvalue weighted by Crippen LogP contribution is -2.57. The van der Waals surface area contributed by atoms with Gasteiger partial charge < -0.3 is 29.4 Å². The molecule has 0 unspecified atom stereocenters. The summed E-state index contributed by atoms with van der Waals surface area (Å²) in [5.41, 5.74) is 1.53. The molecule has 12 heteroatoms. The van der Waals surface area contributed by atoms with Crippen molar-refractivity contribution in [3.63, 3.8) is 0 Å². The van der Waals surface area contributed by atoms with E-state index in [0.29, 0.717) is 35.3 Å². The van der Waals surface area contributed by atoms with E-state index >= 15 is 4.39 Å². The summed E-state index contributed by atoms with van der Waals surface area (Å²) in [5, 5.41) is 15.2. The third-order valence-corrected chi connectivity index (χ3v) is 9.60. The highest BCUT2D eigenvalue weighted by Gasteiger charge is 2.46. The minimum absolute atomic E-state index is 0.0134. The number of ether oxygens (including phenoxy) is 2. The van der Waals surface area contributed by atoms with Crippen LogP contribution in [0.2, 0.25) is 0 Å². The molecule has 2 N–H and O–H groups in total. The number of carbonyl (C=O) groups is 3. The van der Waals surface area contributed by atoms with Crippen LogP contribution in [0, 0.1) is 18.7 Å². The molecule has 3 aliphatic heterocycles. The number of benzene rings is 1. The van der Waals surface area contributed by atoms with E-state index in [9.17, 15) is 24.3 Å². The fraction of sp³-hybridized carbons (Fsp3) is 0.485. The van der Waals surface area contributed by atoms with Gasteiger partial charge in [0.05, 0.1) is 41.0 Å². The monoisotopic (exact) mass is 618 g/mol. The lowest BCUT2D eigenvalue weighted by molar-refractivity contribution is -0.172. The number of aromatic nitrogens is 2. The number of likely N-dealkylation sites (tertiary alicyclic amines) is 1. The zero-order chi connectivity index (χ0) is 32.2. The Balaban J connectivity index is 1.29. The predicted molar refractivity (Wildman–Crippen MR) is 160 cm³/mol. The quantitative estimate of drug-likeness (QED) is 0.333. The Morgan fingerprint density at radius 2 is 1.93 bits per heavy atom. The molecular weight excluding hydrogens is 583 g/mol. The third-order valence-electron chi connectivity index (χ3n) is 9.60. The second-order valence-electron chi connectivity index (χ2n) is 13.5. The van der Waals surface area contributed by atoms with Crippen molar-refractivity contribution >= 4 is 28.9 Å². The number of hydrogen-bond acceptors (Lipinski definition) is 8. The summed E-state index contributed by atoms with van der Waals surface area (Å²) in [4.78, 5) is 58.7. The number of nitrogens with one attached hydrogen (secondary N) is 1. The van der Waals surface area contributed by atoms with Gasteiger partial charge in [0.1, 0.15) is 18.0 Å². The Labute approximate surface area is 258 Å². The molecule has 4 aliphatic rings. The number of nitrogens with zero attached hydrogens (tertiary/aromatic N) is 3. The molecule has 1 saturated heterocycles. The number of carbonyl (C=O) groups excluding carboxylic acids is 3. The van der Waals surface area contributed by atoms with E-state index < -0.39 is 40.8 Å². The number of cyclic esters (lactones) is 1. The largest absolute Gasteiger partial charge is 0.458 e. The standard InChI is InChI=1S/C33H35FN4O7/c1-6-33(43)20-9-24-27-18(13-38(24)29(40)19(20)14-44-30(33)41)26-22(8-7-17-15(2)21(34)10-23(35-27)25(17)26)36-28(39)16-11-37(12-16)31(42)45-32(3,4)5/h9-10,16,22,43H,6-8,11-14H2,1-5H3,(H,36,39)/t22-,33-/m1/s1. The molecule has 1 aliphatic carbocycles. The van der Waals surface area contributed by atoms with Gasteiger partial charge in [-0.2, -0.15) is 0 Å². The summed E-state index contributed by atoms with van der Waals surface area (Å²) >= 11 is 0. The van der Waals surface area contributed by atoms with Gasteiger partial charge in [0, 0.05) is 35.7 Å². The van der Waals surface area contributed by atoms with Gasteiger partial charge in [0.25, 0.3) is 5.56 Å². The normalized spacial score (nSPS) is 21.9. The van der Waals surface area contributed by atoms with Gasteiger partial charge in [0.15, 0.2) is 5.60 Å². The van der Waals surface area contributed by atoms with E-state index in [2.05, 4.69) is 5.32 Å². The SMILES string of the molecule is CC[C@]1(O)C(=O)OCc2c1cc1n(c2=O)Cc2c-1nc1cc(F)c(C)c3c1c2[C@H](NC(=O)C1CN(C(=O)OC(C)(C)C)C1)CC3. The first-order valence-corrected chi connectivity index (χ1v) is 15.3. The summed E-state index contributed by atoms with van der Waals surface area (Å²) in [6, 6.07) is 2.56. The van der Waals surface area contributed by atoms with Crippen LogP contribution < -0.4 is 10.9 Å². The van der Waals surface area contributed by atoms with Crippen molar-refractivity contribution in [1.82, 2.24) is 19.8 Å². The molecule has 2 amide bonds. The average molecular weight is 619 g/mol. The molecule has 0 spiro atoms. The van der Waals surface area contributed by atoms with Crippen LogP contribution in [0.4, 0.5) is 9.18 Å². The molecule has 1 fully saturated rings. The first-order valence-electron chi connectivity index (χ1n) is 15.3. The van der Waals surface area contributed by atoms with Gasteiger partial charge in [-0.1, -0.05) is 6.92 Å². The number of fused-ring (bicyclic) bond motifs is 5. The minimum atomic E-state index is -1.97. The topological polar surface area (TPSA) is 140 Å². The lowest BCUT2D eigenvalue weighted by Gasteiger charge is -2.40. The van der Waals surface area contributed by atoms with Crippen molar-refractivity contribution in [3.8, 4) is 11.4 Å². The van der Waals surface area contributed by atoms with Crippen molar-refractivity contribution in [2.75, 3.05) is 13.1 Å². The van der Waals surface area contributed by atoms with Gasteiger partial charge in [-0.15, -0.1) is 0 Å². The van der Waals surface area contributed by atoms with Crippen LogP contribution in [0.15, 0.2) is 16.9 Å². The van der Waals surface area contributed by atoms with E-state index in [0.717, 1.165) is 22.1 Å². The number of halogens is 1. The van der Waals surface area contributed by atoms with E-state index in [1.165, 1.54) is 11.0 Å². The van der Waals surface area contributed by atoms with Gasteiger partial charge in [-0.3, -0.25) is 9.59 Å². The van der Waals surface area contributed by atoms with E-state index in [4.69, 9.17) is 14.5 Å². The van der Waals surface area contributed by atoms with Crippen molar-refractivity contribution in [2.24, 2.45) is 5.92 Å². The molecule has 45 heavy (non-hydrogen) atoms. The Morgan fingerprint density at radius 3 is 2.62 bits per heavy atom. The highest BCUT2D eigenvalue weighted by molar-refractivity contribution is 5.94. The lowest BCUT2D eigenvalue weighted by atomic mass is 9.81. The Kier molecular flexibility index (Phi) is 6.43. The number of aliphatic hydroxyl groups is 1. The maximum atomic E-state index is 15.2. The smallest absolute Gasteiger partial charge is 0.410 e. The van der Waals surface area contributed by atoms with Gasteiger partial charge >= 0.3 is 12.1 Å². The molecule has 2 aromatic heterocycles.